The first-order chi connectivity index (χ1) is 9.16. The maximum absolute atomic E-state index is 6.01. The smallest absolute Gasteiger partial charge is 0.101 e. The van der Waals surface area contributed by atoms with Crippen LogP contribution in [0.1, 0.15) is 35.9 Å². The molecule has 1 N–H and O–H groups in total. The van der Waals surface area contributed by atoms with Gasteiger partial charge in [-0.2, -0.15) is 16.9 Å². The van der Waals surface area contributed by atoms with Crippen LogP contribution >= 0.6 is 11.8 Å². The van der Waals surface area contributed by atoms with Gasteiger partial charge in [-0.15, -0.1) is 0 Å². The summed E-state index contributed by atoms with van der Waals surface area (Å²) in [6.07, 6.45) is 2.58. The molecule has 2 saturated heterocycles. The molecule has 3 rings (SSSR count). The highest BCUT2D eigenvalue weighted by molar-refractivity contribution is 7.99. The lowest BCUT2D eigenvalue weighted by Gasteiger charge is -2.23. The van der Waals surface area contributed by atoms with E-state index in [1.54, 1.807) is 0 Å². The topological polar surface area (TPSA) is 39.1 Å². The Kier molecular flexibility index (Phi) is 3.87. The van der Waals surface area contributed by atoms with Crippen LogP contribution in [0.25, 0.3) is 0 Å². The molecule has 5 heteroatoms. The minimum Gasteiger partial charge on any atom is -0.372 e. The van der Waals surface area contributed by atoms with Crippen LogP contribution in [0, 0.1) is 13.8 Å². The van der Waals surface area contributed by atoms with E-state index in [4.69, 9.17) is 4.74 Å². The summed E-state index contributed by atoms with van der Waals surface area (Å²) in [7, 11) is 2.01. The molecule has 0 spiro atoms. The van der Waals surface area contributed by atoms with Gasteiger partial charge in [-0.3, -0.25) is 4.68 Å². The molecular weight excluding hydrogens is 258 g/mol. The van der Waals surface area contributed by atoms with Gasteiger partial charge >= 0.3 is 0 Å². The normalized spacial score (nSPS) is 31.2. The average molecular weight is 281 g/mol. The number of hydrogen-bond acceptors (Lipinski definition) is 4. The standard InChI is InChI=1S/C14H23N3OS/c1-9-13(10(2)17(3)16-9)14-12(4-6-18-14)15-11-5-7-19-8-11/h11-12,14-15H,4-8H2,1-3H3/t11-,12+,14+/m1/s1. The largest absolute Gasteiger partial charge is 0.372 e. The Balaban J connectivity index is 1.78. The van der Waals surface area contributed by atoms with Gasteiger partial charge in [-0.1, -0.05) is 0 Å². The molecule has 2 aliphatic heterocycles. The molecule has 3 heterocycles. The molecule has 0 aliphatic carbocycles. The molecule has 0 bridgehead atoms. The zero-order valence-corrected chi connectivity index (χ0v) is 12.8. The monoisotopic (exact) mass is 281 g/mol. The third-order valence-corrected chi connectivity index (χ3v) is 5.48. The number of thioether (sulfide) groups is 1. The number of ether oxygens (including phenoxy) is 1. The fourth-order valence-corrected chi connectivity index (χ4v) is 4.38. The predicted octanol–water partition coefficient (Wildman–Crippen LogP) is 1.96. The third kappa shape index (κ3) is 2.56. The molecular formula is C14H23N3OS. The molecule has 2 aliphatic rings. The Labute approximate surface area is 119 Å². The maximum atomic E-state index is 6.01. The summed E-state index contributed by atoms with van der Waals surface area (Å²) in [4.78, 5) is 0. The third-order valence-electron chi connectivity index (χ3n) is 4.32. The number of nitrogens with one attached hydrogen (secondary N) is 1. The summed E-state index contributed by atoms with van der Waals surface area (Å²) in [5, 5.41) is 8.33. The van der Waals surface area contributed by atoms with Crippen LogP contribution in [0.3, 0.4) is 0 Å². The molecule has 4 nitrogen and oxygen atoms in total. The highest BCUT2D eigenvalue weighted by atomic mass is 32.2. The van der Waals surface area contributed by atoms with Gasteiger partial charge in [0.2, 0.25) is 0 Å². The first-order valence-corrected chi connectivity index (χ1v) is 8.27. The summed E-state index contributed by atoms with van der Waals surface area (Å²) in [6, 6.07) is 1.11. The summed E-state index contributed by atoms with van der Waals surface area (Å²) in [5.41, 5.74) is 3.64. The summed E-state index contributed by atoms with van der Waals surface area (Å²) >= 11 is 2.05. The molecule has 0 aromatic carbocycles. The van der Waals surface area contributed by atoms with Crippen molar-refractivity contribution in [2.24, 2.45) is 7.05 Å². The van der Waals surface area contributed by atoms with Gasteiger partial charge in [0, 0.05) is 42.7 Å². The molecule has 106 valence electrons. The van der Waals surface area contributed by atoms with Crippen LogP contribution in [-0.2, 0) is 11.8 Å². The van der Waals surface area contributed by atoms with Crippen molar-refractivity contribution in [2.45, 2.75) is 44.9 Å². The van der Waals surface area contributed by atoms with Gasteiger partial charge in [-0.25, -0.2) is 0 Å². The molecule has 0 unspecified atom stereocenters. The lowest BCUT2D eigenvalue weighted by atomic mass is 9.99. The summed E-state index contributed by atoms with van der Waals surface area (Å²) in [5.74, 6) is 2.54. The molecule has 3 atom stereocenters. The van der Waals surface area contributed by atoms with Crippen molar-refractivity contribution in [1.29, 1.82) is 0 Å². The van der Waals surface area contributed by atoms with Gasteiger partial charge in [-0.05, 0) is 32.4 Å². The Bertz CT molecular complexity index is 454. The van der Waals surface area contributed by atoms with Crippen LogP contribution in [0.5, 0.6) is 0 Å². The van der Waals surface area contributed by atoms with Gasteiger partial charge in [0.15, 0.2) is 0 Å². The van der Waals surface area contributed by atoms with Crippen molar-refractivity contribution in [3.05, 3.63) is 17.0 Å². The quantitative estimate of drug-likeness (QED) is 0.919. The predicted molar refractivity (Wildman–Crippen MR) is 78.6 cm³/mol. The van der Waals surface area contributed by atoms with Gasteiger partial charge < -0.3 is 10.1 Å². The zero-order chi connectivity index (χ0) is 13.4. The van der Waals surface area contributed by atoms with Crippen LogP contribution in [0.4, 0.5) is 0 Å². The Morgan fingerprint density at radius 3 is 2.84 bits per heavy atom. The number of aromatic nitrogens is 2. The molecule has 1 aromatic rings. The number of aryl methyl sites for hydroxylation is 2. The second-order valence-corrected chi connectivity index (χ2v) is 6.77. The van der Waals surface area contributed by atoms with E-state index >= 15 is 0 Å². The summed E-state index contributed by atoms with van der Waals surface area (Å²) < 4.78 is 7.98. The Morgan fingerprint density at radius 1 is 1.37 bits per heavy atom. The Hall–Kier alpha value is -0.520. The van der Waals surface area contributed by atoms with E-state index in [0.717, 1.165) is 18.7 Å². The number of nitrogens with zero attached hydrogens (tertiary/aromatic N) is 2. The van der Waals surface area contributed by atoms with E-state index < -0.39 is 0 Å². The van der Waals surface area contributed by atoms with Crippen LogP contribution < -0.4 is 5.32 Å². The van der Waals surface area contributed by atoms with Gasteiger partial charge in [0.25, 0.3) is 0 Å². The minimum atomic E-state index is 0.180. The first kappa shape index (κ1) is 13.5. The van der Waals surface area contributed by atoms with E-state index in [1.165, 1.54) is 29.2 Å². The molecule has 0 saturated carbocycles. The molecule has 0 amide bonds. The highest BCUT2D eigenvalue weighted by Crippen LogP contribution is 2.34. The van der Waals surface area contributed by atoms with Crippen molar-refractivity contribution >= 4 is 11.8 Å². The highest BCUT2D eigenvalue weighted by Gasteiger charge is 2.35. The van der Waals surface area contributed by atoms with Crippen molar-refractivity contribution in [3.8, 4) is 0 Å². The summed E-state index contributed by atoms with van der Waals surface area (Å²) in [6.45, 7) is 5.09. The lowest BCUT2D eigenvalue weighted by molar-refractivity contribution is 0.0959. The van der Waals surface area contributed by atoms with Gasteiger partial charge in [0.05, 0.1) is 5.69 Å². The minimum absolute atomic E-state index is 0.180. The van der Waals surface area contributed by atoms with E-state index in [9.17, 15) is 0 Å². The molecule has 19 heavy (non-hydrogen) atoms. The maximum Gasteiger partial charge on any atom is 0.101 e. The van der Waals surface area contributed by atoms with Crippen molar-refractivity contribution in [1.82, 2.24) is 15.1 Å². The first-order valence-electron chi connectivity index (χ1n) is 7.12. The van der Waals surface area contributed by atoms with Crippen LogP contribution in [-0.4, -0.2) is 40.0 Å². The van der Waals surface area contributed by atoms with Crippen molar-refractivity contribution in [2.75, 3.05) is 18.1 Å². The lowest BCUT2D eigenvalue weighted by Crippen LogP contribution is -2.40. The van der Waals surface area contributed by atoms with Crippen LogP contribution in [0.2, 0.25) is 0 Å². The van der Waals surface area contributed by atoms with Crippen molar-refractivity contribution < 1.29 is 4.74 Å². The Morgan fingerprint density at radius 2 is 2.21 bits per heavy atom. The number of rotatable bonds is 3. The molecule has 2 fully saturated rings. The average Bonchev–Trinajstić information content (AvgIpc) is 3.06. The second-order valence-electron chi connectivity index (χ2n) is 5.62. The SMILES string of the molecule is Cc1nn(C)c(C)c1[C@H]1OCC[C@@H]1N[C@@H]1CCSC1. The van der Waals surface area contributed by atoms with Crippen LogP contribution in [0.15, 0.2) is 0 Å². The van der Waals surface area contributed by atoms with Crippen molar-refractivity contribution in [3.63, 3.8) is 0 Å². The second kappa shape index (κ2) is 5.46. The number of hydrogen-bond donors (Lipinski definition) is 1. The fraction of sp³-hybridized carbons (Fsp3) is 0.786. The molecule has 0 radical (unpaired) electrons. The molecule has 1 aromatic heterocycles. The van der Waals surface area contributed by atoms with E-state index in [1.807, 2.05) is 11.7 Å². The van der Waals surface area contributed by atoms with Gasteiger partial charge in [0.1, 0.15) is 6.10 Å². The van der Waals surface area contributed by atoms with E-state index in [0.29, 0.717) is 12.1 Å². The van der Waals surface area contributed by atoms with E-state index in [2.05, 4.69) is 36.0 Å². The zero-order valence-electron chi connectivity index (χ0n) is 12.0. The van der Waals surface area contributed by atoms with E-state index in [-0.39, 0.29) is 6.10 Å². The fourth-order valence-electron chi connectivity index (χ4n) is 3.22.